The summed E-state index contributed by atoms with van der Waals surface area (Å²) in [5.74, 6) is -1.19. The predicted octanol–water partition coefficient (Wildman–Crippen LogP) is 2.45. The molecule has 0 spiro atoms. The molecule has 2 N–H and O–H groups in total. The largest absolute Gasteiger partial charge is 0.480 e. The second-order valence-electron chi connectivity index (χ2n) is 6.03. The van der Waals surface area contributed by atoms with E-state index in [4.69, 9.17) is 0 Å². The third kappa shape index (κ3) is 4.81. The molecule has 5 nitrogen and oxygen atoms in total. The van der Waals surface area contributed by atoms with Crippen molar-refractivity contribution in [2.24, 2.45) is 0 Å². The zero-order chi connectivity index (χ0) is 16.9. The Hall–Kier alpha value is -2.37. The highest BCUT2D eigenvalue weighted by atomic mass is 35.5. The van der Waals surface area contributed by atoms with Crippen LogP contribution in [0.1, 0.15) is 17.5 Å². The normalized spacial score (nSPS) is 19.3. The average Bonchev–Trinajstić information content (AvgIpc) is 2.98. The molecule has 6 heteroatoms. The van der Waals surface area contributed by atoms with Gasteiger partial charge >= 0.3 is 5.97 Å². The number of benzene rings is 2. The molecule has 1 saturated heterocycles. The van der Waals surface area contributed by atoms with E-state index in [9.17, 15) is 14.7 Å². The number of rotatable bonds is 6. The van der Waals surface area contributed by atoms with Crippen molar-refractivity contribution in [2.75, 3.05) is 0 Å². The van der Waals surface area contributed by atoms with E-state index in [1.165, 1.54) is 0 Å². The van der Waals surface area contributed by atoms with Gasteiger partial charge in [0.15, 0.2) is 0 Å². The number of carbonyl (C=O) groups excluding carboxylic acids is 1. The Kier molecular flexibility index (Phi) is 6.56. The summed E-state index contributed by atoms with van der Waals surface area (Å²) >= 11 is 0. The smallest absolute Gasteiger partial charge is 0.326 e. The Bertz CT molecular complexity index is 668. The highest BCUT2D eigenvalue weighted by Gasteiger charge is 2.39. The SMILES string of the molecule is Cl.O=C(O)C1CC(N(Cc2ccccc2)Cc2ccccc2)C(=O)N1. The van der Waals surface area contributed by atoms with Gasteiger partial charge in [-0.3, -0.25) is 9.69 Å². The van der Waals surface area contributed by atoms with Crippen LogP contribution in [0.5, 0.6) is 0 Å². The van der Waals surface area contributed by atoms with Crippen LogP contribution in [0.4, 0.5) is 0 Å². The van der Waals surface area contributed by atoms with E-state index in [1.54, 1.807) is 0 Å². The molecule has 1 heterocycles. The number of halogens is 1. The highest BCUT2D eigenvalue weighted by molar-refractivity contribution is 5.91. The molecule has 3 rings (SSSR count). The van der Waals surface area contributed by atoms with Gasteiger partial charge in [0.2, 0.25) is 5.91 Å². The first-order valence-electron chi connectivity index (χ1n) is 7.98. The summed E-state index contributed by atoms with van der Waals surface area (Å²) in [5.41, 5.74) is 2.19. The lowest BCUT2D eigenvalue weighted by molar-refractivity contribution is -0.140. The summed E-state index contributed by atoms with van der Waals surface area (Å²) in [5, 5.41) is 11.8. The number of carboxylic acids is 1. The van der Waals surface area contributed by atoms with Gasteiger partial charge < -0.3 is 10.4 Å². The quantitative estimate of drug-likeness (QED) is 0.830. The molecule has 1 fully saturated rings. The predicted molar refractivity (Wildman–Crippen MR) is 97.4 cm³/mol. The summed E-state index contributed by atoms with van der Waals surface area (Å²) in [6.45, 7) is 1.19. The van der Waals surface area contributed by atoms with Gasteiger partial charge in [0.25, 0.3) is 0 Å². The van der Waals surface area contributed by atoms with E-state index in [1.807, 2.05) is 65.6 Å². The second kappa shape index (κ2) is 8.65. The highest BCUT2D eigenvalue weighted by Crippen LogP contribution is 2.21. The van der Waals surface area contributed by atoms with Crippen molar-refractivity contribution in [3.63, 3.8) is 0 Å². The maximum absolute atomic E-state index is 12.3. The lowest BCUT2D eigenvalue weighted by atomic mass is 10.1. The molecule has 2 atom stereocenters. The second-order valence-corrected chi connectivity index (χ2v) is 6.03. The average molecular weight is 361 g/mol. The van der Waals surface area contributed by atoms with Crippen molar-refractivity contribution in [2.45, 2.75) is 31.6 Å². The van der Waals surface area contributed by atoms with Crippen LogP contribution in [-0.2, 0) is 22.7 Å². The summed E-state index contributed by atoms with van der Waals surface area (Å²) in [7, 11) is 0. The van der Waals surface area contributed by atoms with Gasteiger partial charge in [0, 0.05) is 19.5 Å². The minimum atomic E-state index is -0.981. The number of hydrogen-bond donors (Lipinski definition) is 2. The van der Waals surface area contributed by atoms with E-state index in [0.717, 1.165) is 11.1 Å². The maximum Gasteiger partial charge on any atom is 0.326 e. The van der Waals surface area contributed by atoms with Gasteiger partial charge in [-0.25, -0.2) is 4.79 Å². The minimum absolute atomic E-state index is 0. The third-order valence-corrected chi connectivity index (χ3v) is 4.27. The van der Waals surface area contributed by atoms with Gasteiger partial charge in [0.1, 0.15) is 6.04 Å². The van der Waals surface area contributed by atoms with Crippen LogP contribution in [0, 0.1) is 0 Å². The standard InChI is InChI=1S/C19H20N2O3.ClH/c22-18-17(11-16(20-18)19(23)24)21(12-14-7-3-1-4-8-14)13-15-9-5-2-6-10-15;/h1-10,16-17H,11-13H2,(H,20,22)(H,23,24);1H. The van der Waals surface area contributed by atoms with Crippen molar-refractivity contribution >= 4 is 24.3 Å². The van der Waals surface area contributed by atoms with Crippen LogP contribution >= 0.6 is 12.4 Å². The number of nitrogens with one attached hydrogen (secondary N) is 1. The van der Waals surface area contributed by atoms with E-state index in [2.05, 4.69) is 5.32 Å². The Morgan fingerprint density at radius 1 is 1.00 bits per heavy atom. The molecular formula is C19H21ClN2O3. The number of carboxylic acid groups (broad SMARTS) is 1. The fraction of sp³-hybridized carbons (Fsp3) is 0.263. The van der Waals surface area contributed by atoms with Crippen molar-refractivity contribution in [1.82, 2.24) is 10.2 Å². The number of hydrogen-bond acceptors (Lipinski definition) is 3. The molecule has 2 unspecified atom stereocenters. The molecule has 0 aromatic heterocycles. The van der Waals surface area contributed by atoms with Crippen LogP contribution in [0.3, 0.4) is 0 Å². The van der Waals surface area contributed by atoms with E-state index < -0.39 is 18.1 Å². The van der Waals surface area contributed by atoms with Crippen LogP contribution < -0.4 is 5.32 Å². The molecule has 0 aliphatic carbocycles. The Morgan fingerprint density at radius 2 is 1.48 bits per heavy atom. The topological polar surface area (TPSA) is 69.6 Å². The lowest BCUT2D eigenvalue weighted by Crippen LogP contribution is -2.40. The van der Waals surface area contributed by atoms with Gasteiger partial charge in [-0.05, 0) is 11.1 Å². The molecule has 2 aromatic rings. The molecule has 132 valence electrons. The first kappa shape index (κ1) is 19.0. The van der Waals surface area contributed by atoms with Gasteiger partial charge in [-0.15, -0.1) is 12.4 Å². The number of nitrogens with zero attached hydrogens (tertiary/aromatic N) is 1. The van der Waals surface area contributed by atoms with Crippen LogP contribution in [0.25, 0.3) is 0 Å². The van der Waals surface area contributed by atoms with E-state index in [-0.39, 0.29) is 24.7 Å². The third-order valence-electron chi connectivity index (χ3n) is 4.27. The molecule has 2 aromatic carbocycles. The Balaban J connectivity index is 0.00000225. The van der Waals surface area contributed by atoms with E-state index in [0.29, 0.717) is 13.1 Å². The van der Waals surface area contributed by atoms with Crippen molar-refractivity contribution in [1.29, 1.82) is 0 Å². The Labute approximate surface area is 153 Å². The number of carbonyl (C=O) groups is 2. The number of aliphatic carboxylic acids is 1. The Morgan fingerprint density at radius 3 is 1.88 bits per heavy atom. The molecule has 1 aliphatic rings. The first-order valence-corrected chi connectivity index (χ1v) is 7.98. The summed E-state index contributed by atoms with van der Waals surface area (Å²) in [6.07, 6.45) is 0.286. The number of amides is 1. The fourth-order valence-electron chi connectivity index (χ4n) is 3.05. The molecular weight excluding hydrogens is 340 g/mol. The monoisotopic (exact) mass is 360 g/mol. The summed E-state index contributed by atoms with van der Waals surface area (Å²) in [6, 6.07) is 18.6. The molecule has 25 heavy (non-hydrogen) atoms. The van der Waals surface area contributed by atoms with Crippen LogP contribution in [0.15, 0.2) is 60.7 Å². The molecule has 1 aliphatic heterocycles. The van der Waals surface area contributed by atoms with Crippen LogP contribution in [0.2, 0.25) is 0 Å². The van der Waals surface area contributed by atoms with Gasteiger partial charge in [-0.2, -0.15) is 0 Å². The first-order chi connectivity index (χ1) is 11.6. The van der Waals surface area contributed by atoms with Crippen molar-refractivity contribution in [3.05, 3.63) is 71.8 Å². The molecule has 0 radical (unpaired) electrons. The zero-order valence-electron chi connectivity index (χ0n) is 13.7. The van der Waals surface area contributed by atoms with Gasteiger partial charge in [0.05, 0.1) is 6.04 Å². The van der Waals surface area contributed by atoms with Crippen molar-refractivity contribution in [3.8, 4) is 0 Å². The molecule has 0 bridgehead atoms. The molecule has 1 amide bonds. The van der Waals surface area contributed by atoms with Crippen LogP contribution in [-0.4, -0.2) is 34.0 Å². The maximum atomic E-state index is 12.3. The summed E-state index contributed by atoms with van der Waals surface area (Å²) < 4.78 is 0. The van der Waals surface area contributed by atoms with Gasteiger partial charge in [-0.1, -0.05) is 60.7 Å². The fourth-order valence-corrected chi connectivity index (χ4v) is 3.05. The minimum Gasteiger partial charge on any atom is -0.480 e. The molecule has 0 saturated carbocycles. The van der Waals surface area contributed by atoms with E-state index >= 15 is 0 Å². The zero-order valence-corrected chi connectivity index (χ0v) is 14.5. The summed E-state index contributed by atoms with van der Waals surface area (Å²) in [4.78, 5) is 25.5. The van der Waals surface area contributed by atoms with Crippen molar-refractivity contribution < 1.29 is 14.7 Å². The lowest BCUT2D eigenvalue weighted by Gasteiger charge is -2.27.